The molecule has 2 aliphatic heterocycles. The molecule has 3 rings (SSSR count). The minimum Gasteiger partial charge on any atom is -0.399 e. The van der Waals surface area contributed by atoms with E-state index in [0.717, 1.165) is 29.8 Å². The van der Waals surface area contributed by atoms with E-state index in [4.69, 9.17) is 9.31 Å². The van der Waals surface area contributed by atoms with E-state index in [-0.39, 0.29) is 18.3 Å². The summed E-state index contributed by atoms with van der Waals surface area (Å²) >= 11 is 0. The molecule has 1 saturated heterocycles. The van der Waals surface area contributed by atoms with Crippen LogP contribution < -0.4 is 5.46 Å². The van der Waals surface area contributed by atoms with Crippen molar-refractivity contribution in [1.82, 2.24) is 9.78 Å². The molecule has 5 heteroatoms. The summed E-state index contributed by atoms with van der Waals surface area (Å²) in [6.45, 7) is 11.3. The molecule has 0 bridgehead atoms. The number of aromatic nitrogens is 2. The third kappa shape index (κ3) is 1.87. The summed E-state index contributed by atoms with van der Waals surface area (Å²) in [5, 5.41) is 4.60. The smallest absolute Gasteiger partial charge is 0.399 e. The van der Waals surface area contributed by atoms with Crippen LogP contribution in [0.2, 0.25) is 0 Å². The van der Waals surface area contributed by atoms with E-state index >= 15 is 0 Å². The molecule has 0 atom stereocenters. The summed E-state index contributed by atoms with van der Waals surface area (Å²) in [5.74, 6) is 0. The minimum absolute atomic E-state index is 0.308. The van der Waals surface area contributed by atoms with Crippen molar-refractivity contribution < 1.29 is 9.31 Å². The number of aryl methyl sites for hydroxylation is 2. The molecule has 102 valence electrons. The largest absolute Gasteiger partial charge is 0.498 e. The van der Waals surface area contributed by atoms with Crippen LogP contribution in [0.15, 0.2) is 6.08 Å². The Bertz CT molecular complexity index is 530. The van der Waals surface area contributed by atoms with Crippen LogP contribution in [0.4, 0.5) is 0 Å². The Morgan fingerprint density at radius 1 is 1.21 bits per heavy atom. The molecule has 0 unspecified atom stereocenters. The van der Waals surface area contributed by atoms with Crippen LogP contribution in [0.1, 0.15) is 45.5 Å². The van der Waals surface area contributed by atoms with Gasteiger partial charge in [-0.2, -0.15) is 5.10 Å². The van der Waals surface area contributed by atoms with Crippen molar-refractivity contribution in [3.05, 3.63) is 17.5 Å². The fraction of sp³-hybridized carbons (Fsp3) is 0.643. The van der Waals surface area contributed by atoms with E-state index in [1.165, 1.54) is 0 Å². The summed E-state index contributed by atoms with van der Waals surface area (Å²) in [7, 11) is -0.323. The Morgan fingerprint density at radius 3 is 2.47 bits per heavy atom. The number of rotatable bonds is 1. The molecule has 3 heterocycles. The van der Waals surface area contributed by atoms with Gasteiger partial charge in [-0.1, -0.05) is 6.08 Å². The molecule has 0 amide bonds. The van der Waals surface area contributed by atoms with Crippen LogP contribution in [0, 0.1) is 6.92 Å². The highest BCUT2D eigenvalue weighted by Crippen LogP contribution is 2.37. The van der Waals surface area contributed by atoms with Gasteiger partial charge < -0.3 is 9.31 Å². The van der Waals surface area contributed by atoms with Gasteiger partial charge in [0, 0.05) is 12.0 Å². The SMILES string of the molecule is Cc1nn2c(c1B1OC(C)(C)C(C)(C)O1)C=CCC2. The second-order valence-electron chi connectivity index (χ2n) is 6.39. The molecule has 2 aliphatic rings. The van der Waals surface area contributed by atoms with Crippen LogP contribution in [0.5, 0.6) is 0 Å². The van der Waals surface area contributed by atoms with Crippen LogP contribution >= 0.6 is 0 Å². The Hall–Kier alpha value is -1.07. The number of hydrogen-bond acceptors (Lipinski definition) is 3. The summed E-state index contributed by atoms with van der Waals surface area (Å²) in [6.07, 6.45) is 5.35. The first-order valence-corrected chi connectivity index (χ1v) is 6.91. The van der Waals surface area contributed by atoms with Crippen molar-refractivity contribution in [3.8, 4) is 0 Å². The molecule has 0 radical (unpaired) electrons. The van der Waals surface area contributed by atoms with E-state index in [9.17, 15) is 0 Å². The molecule has 1 aromatic rings. The summed E-state index contributed by atoms with van der Waals surface area (Å²) < 4.78 is 14.3. The van der Waals surface area contributed by atoms with Gasteiger partial charge in [-0.05, 0) is 47.1 Å². The average Bonchev–Trinajstić information content (AvgIpc) is 2.72. The molecule has 1 fully saturated rings. The summed E-state index contributed by atoms with van der Waals surface area (Å²) in [6, 6.07) is 0. The average molecular weight is 260 g/mol. The number of nitrogens with zero attached hydrogens (tertiary/aromatic N) is 2. The molecular formula is C14H21BN2O2. The highest BCUT2D eigenvalue weighted by molar-refractivity contribution is 6.63. The first-order valence-electron chi connectivity index (χ1n) is 6.91. The van der Waals surface area contributed by atoms with Gasteiger partial charge in [-0.3, -0.25) is 4.68 Å². The van der Waals surface area contributed by atoms with Gasteiger partial charge in [0.05, 0.1) is 22.6 Å². The fourth-order valence-corrected chi connectivity index (χ4v) is 2.60. The third-order valence-corrected chi connectivity index (χ3v) is 4.49. The van der Waals surface area contributed by atoms with Crippen molar-refractivity contribution in [3.63, 3.8) is 0 Å². The standard InChI is InChI=1S/C14H21BN2O2/c1-10-12(11-8-6-7-9-17(11)16-10)15-18-13(2,3)14(4,5)19-15/h6,8H,7,9H2,1-5H3. The van der Waals surface area contributed by atoms with Crippen molar-refractivity contribution in [2.75, 3.05) is 0 Å². The molecule has 1 aromatic heterocycles. The number of allylic oxidation sites excluding steroid dienone is 1. The van der Waals surface area contributed by atoms with E-state index in [1.54, 1.807) is 0 Å². The Labute approximate surface area is 114 Å². The van der Waals surface area contributed by atoms with Crippen LogP contribution in [-0.2, 0) is 15.9 Å². The monoisotopic (exact) mass is 260 g/mol. The third-order valence-electron chi connectivity index (χ3n) is 4.49. The lowest BCUT2D eigenvalue weighted by Crippen LogP contribution is -2.41. The first kappa shape index (κ1) is 12.9. The fourth-order valence-electron chi connectivity index (χ4n) is 2.60. The van der Waals surface area contributed by atoms with E-state index < -0.39 is 0 Å². The van der Waals surface area contributed by atoms with Crippen molar-refractivity contribution in [1.29, 1.82) is 0 Å². The molecular weight excluding hydrogens is 239 g/mol. The van der Waals surface area contributed by atoms with Crippen LogP contribution in [0.3, 0.4) is 0 Å². The topological polar surface area (TPSA) is 36.3 Å². The van der Waals surface area contributed by atoms with Gasteiger partial charge in [0.1, 0.15) is 0 Å². The highest BCUT2D eigenvalue weighted by Gasteiger charge is 2.53. The van der Waals surface area contributed by atoms with Gasteiger partial charge in [0.2, 0.25) is 0 Å². The maximum absolute atomic E-state index is 6.15. The summed E-state index contributed by atoms with van der Waals surface area (Å²) in [5.41, 5.74) is 2.59. The van der Waals surface area contributed by atoms with Gasteiger partial charge in [0.25, 0.3) is 0 Å². The molecule has 0 saturated carbocycles. The Kier molecular flexibility index (Phi) is 2.70. The highest BCUT2D eigenvalue weighted by atomic mass is 16.7. The van der Waals surface area contributed by atoms with E-state index in [1.807, 2.05) is 6.92 Å². The maximum atomic E-state index is 6.15. The predicted molar refractivity (Wildman–Crippen MR) is 76.3 cm³/mol. The Morgan fingerprint density at radius 2 is 1.84 bits per heavy atom. The molecule has 4 nitrogen and oxygen atoms in total. The van der Waals surface area contributed by atoms with E-state index in [0.29, 0.717) is 0 Å². The zero-order valence-electron chi connectivity index (χ0n) is 12.4. The normalized spacial score (nSPS) is 23.7. The van der Waals surface area contributed by atoms with Crippen LogP contribution in [0.25, 0.3) is 6.08 Å². The zero-order valence-corrected chi connectivity index (χ0v) is 12.4. The molecule has 0 spiro atoms. The van der Waals surface area contributed by atoms with Gasteiger partial charge >= 0.3 is 7.12 Å². The molecule has 0 N–H and O–H groups in total. The zero-order chi connectivity index (χ0) is 13.8. The maximum Gasteiger partial charge on any atom is 0.498 e. The predicted octanol–water partition coefficient (Wildman–Crippen LogP) is 1.91. The van der Waals surface area contributed by atoms with Gasteiger partial charge in [0.15, 0.2) is 0 Å². The molecule has 0 aliphatic carbocycles. The first-order chi connectivity index (χ1) is 8.82. The minimum atomic E-state index is -0.323. The second-order valence-corrected chi connectivity index (χ2v) is 6.39. The quantitative estimate of drug-likeness (QED) is 0.724. The van der Waals surface area contributed by atoms with E-state index in [2.05, 4.69) is 49.6 Å². The second kappa shape index (κ2) is 3.96. The van der Waals surface area contributed by atoms with Gasteiger partial charge in [-0.25, -0.2) is 0 Å². The number of fused-ring (bicyclic) bond motifs is 1. The molecule has 0 aromatic carbocycles. The summed E-state index contributed by atoms with van der Waals surface area (Å²) in [4.78, 5) is 0. The van der Waals surface area contributed by atoms with Crippen molar-refractivity contribution >= 4 is 18.7 Å². The lowest BCUT2D eigenvalue weighted by Gasteiger charge is -2.32. The van der Waals surface area contributed by atoms with Crippen LogP contribution in [-0.4, -0.2) is 28.1 Å². The van der Waals surface area contributed by atoms with Crippen molar-refractivity contribution in [2.45, 2.75) is 58.8 Å². The van der Waals surface area contributed by atoms with Gasteiger partial charge in [-0.15, -0.1) is 0 Å². The molecule has 19 heavy (non-hydrogen) atoms. The lowest BCUT2D eigenvalue weighted by molar-refractivity contribution is 0.00578. The number of hydrogen-bond donors (Lipinski definition) is 0. The Balaban J connectivity index is 2.02. The lowest BCUT2D eigenvalue weighted by atomic mass is 9.77. The van der Waals surface area contributed by atoms with Crippen molar-refractivity contribution in [2.24, 2.45) is 0 Å².